The molecule has 0 unspecified atom stereocenters. The van der Waals surface area contributed by atoms with E-state index >= 15 is 0 Å². The molecule has 1 spiro atoms. The van der Waals surface area contributed by atoms with Gasteiger partial charge in [0.25, 0.3) is 0 Å². The van der Waals surface area contributed by atoms with Crippen LogP contribution in [0.3, 0.4) is 0 Å². The molecule has 1 aliphatic carbocycles. The summed E-state index contributed by atoms with van der Waals surface area (Å²) in [6, 6.07) is 8.62. The van der Waals surface area contributed by atoms with E-state index in [0.29, 0.717) is 5.41 Å². The number of halogens is 1. The van der Waals surface area contributed by atoms with Crippen molar-refractivity contribution >= 4 is 15.9 Å². The number of rotatable bonds is 2. The maximum atomic E-state index is 3.65. The Bertz CT molecular complexity index is 399. The lowest BCUT2D eigenvalue weighted by atomic mass is 9.73. The Labute approximate surface area is 119 Å². The summed E-state index contributed by atoms with van der Waals surface area (Å²) in [5.74, 6) is 0. The first-order valence-electron chi connectivity index (χ1n) is 7.23. The Hall–Kier alpha value is -0.340. The molecule has 1 saturated heterocycles. The lowest BCUT2D eigenvalue weighted by Crippen LogP contribution is -2.55. The first-order chi connectivity index (χ1) is 8.77. The van der Waals surface area contributed by atoms with Gasteiger partial charge in [-0.2, -0.15) is 0 Å². The fraction of sp³-hybridized carbons (Fsp3) is 0.625. The Balaban J connectivity index is 1.57. The second-order valence-electron chi connectivity index (χ2n) is 6.15. The van der Waals surface area contributed by atoms with Crippen LogP contribution in [0.5, 0.6) is 0 Å². The van der Waals surface area contributed by atoms with E-state index in [9.17, 15) is 0 Å². The largest absolute Gasteiger partial charge is 0.298 e. The van der Waals surface area contributed by atoms with Crippen molar-refractivity contribution in [2.45, 2.75) is 45.1 Å². The van der Waals surface area contributed by atoms with Crippen molar-refractivity contribution in [3.8, 4) is 0 Å². The molecule has 2 aliphatic rings. The van der Waals surface area contributed by atoms with Crippen LogP contribution in [0.4, 0.5) is 0 Å². The van der Waals surface area contributed by atoms with E-state index < -0.39 is 0 Å². The first-order valence-corrected chi connectivity index (χ1v) is 8.03. The topological polar surface area (TPSA) is 3.24 Å². The highest BCUT2D eigenvalue weighted by atomic mass is 79.9. The van der Waals surface area contributed by atoms with Gasteiger partial charge in [0.2, 0.25) is 0 Å². The highest BCUT2D eigenvalue weighted by molar-refractivity contribution is 9.10. The highest BCUT2D eigenvalue weighted by Crippen LogP contribution is 2.43. The van der Waals surface area contributed by atoms with Crippen LogP contribution in [0, 0.1) is 5.41 Å². The monoisotopic (exact) mass is 307 g/mol. The molecule has 0 amide bonds. The van der Waals surface area contributed by atoms with Crippen LogP contribution >= 0.6 is 15.9 Å². The van der Waals surface area contributed by atoms with E-state index in [1.807, 2.05) is 0 Å². The Morgan fingerprint density at radius 2 is 1.67 bits per heavy atom. The standard InChI is InChI=1S/C16H22BrN/c17-15-8-4-3-7-14(15)11-18-12-16(13-18)9-5-1-2-6-10-16/h3-4,7-8H,1-2,5-6,9-13H2. The van der Waals surface area contributed by atoms with Gasteiger partial charge in [-0.1, -0.05) is 59.8 Å². The molecule has 0 atom stereocenters. The van der Waals surface area contributed by atoms with Crippen molar-refractivity contribution in [1.29, 1.82) is 0 Å². The molecule has 98 valence electrons. The van der Waals surface area contributed by atoms with E-state index in [1.165, 1.54) is 61.7 Å². The van der Waals surface area contributed by atoms with E-state index in [1.54, 1.807) is 0 Å². The lowest BCUT2D eigenvalue weighted by Gasteiger charge is -2.50. The summed E-state index contributed by atoms with van der Waals surface area (Å²) < 4.78 is 1.26. The molecule has 2 heteroatoms. The fourth-order valence-electron chi connectivity index (χ4n) is 3.68. The molecule has 1 nitrogen and oxygen atoms in total. The minimum atomic E-state index is 0.692. The van der Waals surface area contributed by atoms with Crippen LogP contribution in [-0.2, 0) is 6.54 Å². The average molecular weight is 308 g/mol. The molecule has 0 bridgehead atoms. The molecule has 1 heterocycles. The van der Waals surface area contributed by atoms with Crippen LogP contribution in [0.25, 0.3) is 0 Å². The molecular formula is C16H22BrN. The summed E-state index contributed by atoms with van der Waals surface area (Å²) >= 11 is 3.65. The Morgan fingerprint density at radius 1 is 1.00 bits per heavy atom. The second kappa shape index (κ2) is 5.34. The molecule has 0 radical (unpaired) electrons. The van der Waals surface area contributed by atoms with Gasteiger partial charge in [0.05, 0.1) is 0 Å². The molecule has 1 aromatic carbocycles. The third-order valence-corrected chi connectivity index (χ3v) is 5.41. The number of hydrogen-bond acceptors (Lipinski definition) is 1. The minimum Gasteiger partial charge on any atom is -0.298 e. The minimum absolute atomic E-state index is 0.692. The van der Waals surface area contributed by atoms with Gasteiger partial charge >= 0.3 is 0 Å². The van der Waals surface area contributed by atoms with Gasteiger partial charge < -0.3 is 0 Å². The molecule has 0 N–H and O–H groups in total. The average Bonchev–Trinajstić information content (AvgIpc) is 2.57. The van der Waals surface area contributed by atoms with E-state index in [4.69, 9.17) is 0 Å². The van der Waals surface area contributed by atoms with Gasteiger partial charge in [0, 0.05) is 24.1 Å². The number of benzene rings is 1. The first kappa shape index (κ1) is 12.7. The van der Waals surface area contributed by atoms with Gasteiger partial charge in [-0.15, -0.1) is 0 Å². The molecule has 1 aliphatic heterocycles. The van der Waals surface area contributed by atoms with E-state index in [2.05, 4.69) is 45.1 Å². The zero-order valence-electron chi connectivity index (χ0n) is 11.0. The summed E-state index contributed by atoms with van der Waals surface area (Å²) in [5, 5.41) is 0. The van der Waals surface area contributed by atoms with E-state index in [0.717, 1.165) is 6.54 Å². The SMILES string of the molecule is Brc1ccccc1CN1CC2(CCCCCC2)C1. The van der Waals surface area contributed by atoms with Crippen LogP contribution < -0.4 is 0 Å². The third-order valence-electron chi connectivity index (χ3n) is 4.63. The maximum Gasteiger partial charge on any atom is 0.0245 e. The van der Waals surface area contributed by atoms with Crippen molar-refractivity contribution in [3.05, 3.63) is 34.3 Å². The van der Waals surface area contributed by atoms with Crippen molar-refractivity contribution in [2.75, 3.05) is 13.1 Å². The van der Waals surface area contributed by atoms with Gasteiger partial charge in [-0.05, 0) is 29.9 Å². The van der Waals surface area contributed by atoms with Crippen molar-refractivity contribution < 1.29 is 0 Å². The summed E-state index contributed by atoms with van der Waals surface area (Å²) in [7, 11) is 0. The number of likely N-dealkylation sites (tertiary alicyclic amines) is 1. The van der Waals surface area contributed by atoms with Gasteiger partial charge in [-0.3, -0.25) is 4.90 Å². The quantitative estimate of drug-likeness (QED) is 0.771. The number of nitrogens with zero attached hydrogens (tertiary/aromatic N) is 1. The molecule has 1 saturated carbocycles. The summed E-state index contributed by atoms with van der Waals surface area (Å²) in [6.45, 7) is 3.77. The zero-order chi connectivity index (χ0) is 12.4. The summed E-state index contributed by atoms with van der Waals surface area (Å²) in [4.78, 5) is 2.62. The third kappa shape index (κ3) is 2.65. The maximum absolute atomic E-state index is 3.65. The molecule has 2 fully saturated rings. The van der Waals surface area contributed by atoms with Gasteiger partial charge in [-0.25, -0.2) is 0 Å². The smallest absolute Gasteiger partial charge is 0.0245 e. The number of hydrogen-bond donors (Lipinski definition) is 0. The van der Waals surface area contributed by atoms with Gasteiger partial charge in [0.1, 0.15) is 0 Å². The molecule has 3 rings (SSSR count). The molecule has 18 heavy (non-hydrogen) atoms. The fourth-order valence-corrected chi connectivity index (χ4v) is 4.09. The van der Waals surface area contributed by atoms with Crippen LogP contribution in [-0.4, -0.2) is 18.0 Å². The predicted octanol–water partition coefficient (Wildman–Crippen LogP) is 4.61. The second-order valence-corrected chi connectivity index (χ2v) is 7.01. The van der Waals surface area contributed by atoms with Crippen LogP contribution in [0.1, 0.15) is 44.1 Å². The predicted molar refractivity (Wildman–Crippen MR) is 79.6 cm³/mol. The summed E-state index contributed by atoms with van der Waals surface area (Å²) in [5.41, 5.74) is 2.12. The van der Waals surface area contributed by atoms with Crippen LogP contribution in [0.2, 0.25) is 0 Å². The zero-order valence-corrected chi connectivity index (χ0v) is 12.6. The van der Waals surface area contributed by atoms with Crippen molar-refractivity contribution in [2.24, 2.45) is 5.41 Å². The Kier molecular flexibility index (Phi) is 3.76. The van der Waals surface area contributed by atoms with Gasteiger partial charge in [0.15, 0.2) is 0 Å². The van der Waals surface area contributed by atoms with Crippen LogP contribution in [0.15, 0.2) is 28.7 Å². The highest BCUT2D eigenvalue weighted by Gasteiger charge is 2.42. The molecule has 1 aromatic rings. The molecule has 0 aromatic heterocycles. The normalized spacial score (nSPS) is 23.6. The van der Waals surface area contributed by atoms with E-state index in [-0.39, 0.29) is 0 Å². The molecular weight excluding hydrogens is 286 g/mol. The lowest BCUT2D eigenvalue weighted by molar-refractivity contribution is -0.0177. The summed E-state index contributed by atoms with van der Waals surface area (Å²) in [6.07, 6.45) is 8.79. The van der Waals surface area contributed by atoms with Crippen molar-refractivity contribution in [3.63, 3.8) is 0 Å². The van der Waals surface area contributed by atoms with Crippen molar-refractivity contribution in [1.82, 2.24) is 4.90 Å². The Morgan fingerprint density at radius 3 is 2.33 bits per heavy atom.